The maximum Gasteiger partial charge on any atom is 0.338 e. The molecule has 0 aromatic heterocycles. The van der Waals surface area contributed by atoms with Gasteiger partial charge in [0.1, 0.15) is 6.10 Å². The van der Waals surface area contributed by atoms with Crippen LogP contribution in [0.5, 0.6) is 0 Å². The predicted molar refractivity (Wildman–Crippen MR) is 71.8 cm³/mol. The fourth-order valence-corrected chi connectivity index (χ4v) is 2.30. The lowest BCUT2D eigenvalue weighted by atomic mass is 10.1. The molecule has 1 aromatic carbocycles. The van der Waals surface area contributed by atoms with Crippen LogP contribution in [0.2, 0.25) is 5.02 Å². The molecular weight excluding hydrogens is 252 g/mol. The van der Waals surface area contributed by atoms with Crippen molar-refractivity contribution in [2.24, 2.45) is 0 Å². The van der Waals surface area contributed by atoms with Gasteiger partial charge in [-0.1, -0.05) is 11.6 Å². The summed E-state index contributed by atoms with van der Waals surface area (Å²) in [6, 6.07) is 4.77. The molecule has 0 amide bonds. The Bertz CT molecular complexity index is 422. The van der Waals surface area contributed by atoms with Crippen molar-refractivity contribution >= 4 is 23.3 Å². The average Bonchev–Trinajstić information content (AvgIpc) is 2.31. The van der Waals surface area contributed by atoms with Crippen molar-refractivity contribution in [3.05, 3.63) is 28.8 Å². The van der Waals surface area contributed by atoms with Gasteiger partial charge in [-0.25, -0.2) is 4.79 Å². The van der Waals surface area contributed by atoms with Gasteiger partial charge in [-0.3, -0.25) is 0 Å². The first-order valence-electron chi connectivity index (χ1n) is 6.00. The number of halogens is 1. The summed E-state index contributed by atoms with van der Waals surface area (Å²) >= 11 is 5.86. The van der Waals surface area contributed by atoms with Gasteiger partial charge in [-0.2, -0.15) is 0 Å². The van der Waals surface area contributed by atoms with Gasteiger partial charge < -0.3 is 15.4 Å². The van der Waals surface area contributed by atoms with E-state index in [0.717, 1.165) is 25.9 Å². The van der Waals surface area contributed by atoms with Crippen LogP contribution in [0.25, 0.3) is 0 Å². The first-order valence-corrected chi connectivity index (χ1v) is 6.38. The second-order valence-electron chi connectivity index (χ2n) is 4.68. The molecule has 18 heavy (non-hydrogen) atoms. The number of nitrogen functional groups attached to an aromatic ring is 1. The standard InChI is InChI=1S/C13H17ClN2O2/c1-16-4-2-12(3-5-16)18-13(17)9-6-10(14)8-11(15)7-9/h6-8,12H,2-5,15H2,1H3. The highest BCUT2D eigenvalue weighted by Crippen LogP contribution is 2.19. The molecule has 0 saturated carbocycles. The molecular formula is C13H17ClN2O2. The number of nitrogens with zero attached hydrogens (tertiary/aromatic N) is 1. The van der Waals surface area contributed by atoms with Crippen molar-refractivity contribution in [1.29, 1.82) is 0 Å². The Balaban J connectivity index is 1.99. The molecule has 0 unspecified atom stereocenters. The number of piperidine rings is 1. The molecule has 2 N–H and O–H groups in total. The lowest BCUT2D eigenvalue weighted by Gasteiger charge is -2.28. The molecule has 1 saturated heterocycles. The van der Waals surface area contributed by atoms with Gasteiger partial charge in [-0.15, -0.1) is 0 Å². The minimum atomic E-state index is -0.348. The molecule has 0 bridgehead atoms. The Morgan fingerprint density at radius 3 is 2.67 bits per heavy atom. The number of rotatable bonds is 2. The van der Waals surface area contributed by atoms with Crippen molar-refractivity contribution in [2.75, 3.05) is 25.9 Å². The third-order valence-electron chi connectivity index (χ3n) is 3.10. The maximum atomic E-state index is 11.9. The van der Waals surface area contributed by atoms with E-state index in [0.29, 0.717) is 16.3 Å². The highest BCUT2D eigenvalue weighted by atomic mass is 35.5. The van der Waals surface area contributed by atoms with Gasteiger partial charge >= 0.3 is 5.97 Å². The van der Waals surface area contributed by atoms with Crippen molar-refractivity contribution < 1.29 is 9.53 Å². The predicted octanol–water partition coefficient (Wildman–Crippen LogP) is 2.17. The number of carbonyl (C=O) groups is 1. The fraction of sp³-hybridized carbons (Fsp3) is 0.462. The number of benzene rings is 1. The van der Waals surface area contributed by atoms with Crippen LogP contribution >= 0.6 is 11.6 Å². The van der Waals surface area contributed by atoms with Crippen LogP contribution in [0.4, 0.5) is 5.69 Å². The van der Waals surface area contributed by atoms with Crippen LogP contribution < -0.4 is 5.73 Å². The second kappa shape index (κ2) is 5.59. The molecule has 1 aliphatic heterocycles. The fourth-order valence-electron chi connectivity index (χ4n) is 2.05. The summed E-state index contributed by atoms with van der Waals surface area (Å²) in [6.07, 6.45) is 1.74. The van der Waals surface area contributed by atoms with Crippen LogP contribution in [0, 0.1) is 0 Å². The summed E-state index contributed by atoms with van der Waals surface area (Å²) in [6.45, 7) is 1.91. The van der Waals surface area contributed by atoms with Gasteiger partial charge in [0, 0.05) is 23.8 Å². The van der Waals surface area contributed by atoms with Gasteiger partial charge in [0.2, 0.25) is 0 Å². The molecule has 0 aliphatic carbocycles. The smallest absolute Gasteiger partial charge is 0.338 e. The van der Waals surface area contributed by atoms with Crippen molar-refractivity contribution in [3.8, 4) is 0 Å². The zero-order valence-corrected chi connectivity index (χ0v) is 11.1. The van der Waals surface area contributed by atoms with Crippen molar-refractivity contribution in [1.82, 2.24) is 4.90 Å². The lowest BCUT2D eigenvalue weighted by Crippen LogP contribution is -2.35. The summed E-state index contributed by atoms with van der Waals surface area (Å²) in [5.74, 6) is -0.348. The largest absolute Gasteiger partial charge is 0.459 e. The lowest BCUT2D eigenvalue weighted by molar-refractivity contribution is 0.0139. The van der Waals surface area contributed by atoms with E-state index in [1.807, 2.05) is 0 Å². The third-order valence-corrected chi connectivity index (χ3v) is 3.31. The Hall–Kier alpha value is -1.26. The number of esters is 1. The van der Waals surface area contributed by atoms with Gasteiger partial charge in [0.25, 0.3) is 0 Å². The van der Waals surface area contributed by atoms with E-state index in [1.165, 1.54) is 0 Å². The van der Waals surface area contributed by atoms with E-state index in [2.05, 4.69) is 11.9 Å². The molecule has 4 nitrogen and oxygen atoms in total. The number of anilines is 1. The van der Waals surface area contributed by atoms with E-state index in [9.17, 15) is 4.79 Å². The van der Waals surface area contributed by atoms with Crippen LogP contribution in [0.15, 0.2) is 18.2 Å². The maximum absolute atomic E-state index is 11.9. The van der Waals surface area contributed by atoms with E-state index < -0.39 is 0 Å². The number of hydrogen-bond acceptors (Lipinski definition) is 4. The summed E-state index contributed by atoms with van der Waals surface area (Å²) in [4.78, 5) is 14.2. The zero-order chi connectivity index (χ0) is 13.1. The van der Waals surface area contributed by atoms with Crippen LogP contribution in [0.1, 0.15) is 23.2 Å². The molecule has 0 radical (unpaired) electrons. The van der Waals surface area contributed by atoms with E-state index in [1.54, 1.807) is 18.2 Å². The average molecular weight is 269 g/mol. The number of hydrogen-bond donors (Lipinski definition) is 1. The number of nitrogens with two attached hydrogens (primary N) is 1. The molecule has 1 aliphatic rings. The summed E-state index contributed by atoms with van der Waals surface area (Å²) in [5.41, 5.74) is 6.54. The Labute approximate surface area is 112 Å². The molecule has 1 fully saturated rings. The van der Waals surface area contributed by atoms with Crippen molar-refractivity contribution in [3.63, 3.8) is 0 Å². The Kier molecular flexibility index (Phi) is 4.09. The Morgan fingerprint density at radius 1 is 1.39 bits per heavy atom. The van der Waals surface area contributed by atoms with Crippen molar-refractivity contribution in [2.45, 2.75) is 18.9 Å². The SMILES string of the molecule is CN1CCC(OC(=O)c2cc(N)cc(Cl)c2)CC1. The first kappa shape index (κ1) is 13.2. The molecule has 0 spiro atoms. The van der Waals surface area contributed by atoms with E-state index >= 15 is 0 Å². The topological polar surface area (TPSA) is 55.6 Å². The number of carbonyl (C=O) groups excluding carboxylic acids is 1. The second-order valence-corrected chi connectivity index (χ2v) is 5.12. The summed E-state index contributed by atoms with van der Waals surface area (Å²) in [5, 5.41) is 0.449. The molecule has 0 atom stereocenters. The Morgan fingerprint density at radius 2 is 2.06 bits per heavy atom. The summed E-state index contributed by atoms with van der Waals surface area (Å²) < 4.78 is 5.46. The normalized spacial score (nSPS) is 17.7. The molecule has 98 valence electrons. The highest BCUT2D eigenvalue weighted by Gasteiger charge is 2.21. The molecule has 5 heteroatoms. The van der Waals surface area contributed by atoms with Crippen LogP contribution in [0.3, 0.4) is 0 Å². The monoisotopic (exact) mass is 268 g/mol. The minimum absolute atomic E-state index is 0.00564. The number of likely N-dealkylation sites (tertiary alicyclic amines) is 1. The van der Waals surface area contributed by atoms with Crippen LogP contribution in [-0.4, -0.2) is 37.1 Å². The highest BCUT2D eigenvalue weighted by molar-refractivity contribution is 6.31. The number of ether oxygens (including phenoxy) is 1. The molecule has 2 rings (SSSR count). The minimum Gasteiger partial charge on any atom is -0.459 e. The van der Waals surface area contributed by atoms with E-state index in [4.69, 9.17) is 22.1 Å². The van der Waals surface area contributed by atoms with Gasteiger partial charge in [0.15, 0.2) is 0 Å². The van der Waals surface area contributed by atoms with E-state index in [-0.39, 0.29) is 12.1 Å². The van der Waals surface area contributed by atoms with Crippen LogP contribution in [-0.2, 0) is 4.74 Å². The van der Waals surface area contributed by atoms with Gasteiger partial charge in [0.05, 0.1) is 5.56 Å². The zero-order valence-electron chi connectivity index (χ0n) is 10.4. The molecule has 1 aromatic rings. The van der Waals surface area contributed by atoms with Gasteiger partial charge in [-0.05, 0) is 38.1 Å². The quantitative estimate of drug-likeness (QED) is 0.660. The third kappa shape index (κ3) is 3.37. The first-order chi connectivity index (χ1) is 8.54. The summed E-state index contributed by atoms with van der Waals surface area (Å²) in [7, 11) is 2.07. The molecule has 1 heterocycles.